The molecule has 8 heteroatoms. The van der Waals surface area contributed by atoms with Gasteiger partial charge in [0.1, 0.15) is 11.5 Å². The highest BCUT2D eigenvalue weighted by atomic mass is 19.1. The van der Waals surface area contributed by atoms with Crippen molar-refractivity contribution >= 4 is 11.9 Å². The van der Waals surface area contributed by atoms with E-state index in [-0.39, 0.29) is 29.9 Å². The van der Waals surface area contributed by atoms with E-state index in [1.165, 1.54) is 17.0 Å². The Bertz CT molecular complexity index is 791. The molecule has 3 rings (SSSR count). The van der Waals surface area contributed by atoms with Crippen LogP contribution in [0.1, 0.15) is 39.4 Å². The Hall–Kier alpha value is -2.87. The number of ether oxygens (including phenoxy) is 1. The summed E-state index contributed by atoms with van der Waals surface area (Å²) in [6, 6.07) is 6.03. The highest BCUT2D eigenvalue weighted by Gasteiger charge is 2.25. The van der Waals surface area contributed by atoms with Gasteiger partial charge < -0.3 is 14.7 Å². The van der Waals surface area contributed by atoms with Crippen LogP contribution in [0, 0.1) is 5.82 Å². The maximum absolute atomic E-state index is 13.5. The van der Waals surface area contributed by atoms with Crippen LogP contribution in [0.15, 0.2) is 36.7 Å². The second-order valence-corrected chi connectivity index (χ2v) is 6.04. The monoisotopic (exact) mass is 359 g/mol. The Morgan fingerprint density at radius 1 is 1.27 bits per heavy atom. The van der Waals surface area contributed by atoms with Crippen LogP contribution in [0.3, 0.4) is 0 Å². The van der Waals surface area contributed by atoms with Gasteiger partial charge in [0.25, 0.3) is 5.91 Å². The number of benzene rings is 1. The standard InChI is InChI=1S/C18H18FN3O4/c19-13-4-1-3-12(7-13)10-22(11-14-5-2-6-26-14)17(23)15-8-21-16(9-20-15)18(24)25/h1,3-4,7-9,14H,2,5-6,10-11H2,(H,24,25). The van der Waals surface area contributed by atoms with Crippen molar-refractivity contribution in [3.05, 3.63) is 59.4 Å². The molecule has 0 aliphatic carbocycles. The Morgan fingerprint density at radius 2 is 2.04 bits per heavy atom. The zero-order valence-corrected chi connectivity index (χ0v) is 14.0. The normalized spacial score (nSPS) is 16.4. The summed E-state index contributed by atoms with van der Waals surface area (Å²) < 4.78 is 19.1. The number of aromatic nitrogens is 2. The molecular formula is C18H18FN3O4. The van der Waals surface area contributed by atoms with Crippen molar-refractivity contribution in [3.63, 3.8) is 0 Å². The lowest BCUT2D eigenvalue weighted by Crippen LogP contribution is -2.37. The molecule has 136 valence electrons. The molecule has 1 unspecified atom stereocenters. The lowest BCUT2D eigenvalue weighted by Gasteiger charge is -2.25. The molecule has 1 fully saturated rings. The molecule has 1 aliphatic heterocycles. The summed E-state index contributed by atoms with van der Waals surface area (Å²) in [4.78, 5) is 32.9. The van der Waals surface area contributed by atoms with Gasteiger partial charge >= 0.3 is 5.97 Å². The zero-order valence-electron chi connectivity index (χ0n) is 14.0. The Labute approximate surface area is 149 Å². The van der Waals surface area contributed by atoms with Crippen molar-refractivity contribution in [1.82, 2.24) is 14.9 Å². The number of carbonyl (C=O) groups is 2. The Kier molecular flexibility index (Phi) is 5.52. The quantitative estimate of drug-likeness (QED) is 0.849. The minimum absolute atomic E-state index is 0.0319. The highest BCUT2D eigenvalue weighted by Crippen LogP contribution is 2.17. The van der Waals surface area contributed by atoms with Gasteiger partial charge in [0.15, 0.2) is 5.69 Å². The van der Waals surface area contributed by atoms with Crippen LogP contribution in [-0.4, -0.2) is 51.1 Å². The molecule has 26 heavy (non-hydrogen) atoms. The maximum Gasteiger partial charge on any atom is 0.356 e. The molecule has 2 heterocycles. The van der Waals surface area contributed by atoms with Crippen molar-refractivity contribution < 1.29 is 23.8 Å². The van der Waals surface area contributed by atoms with Crippen molar-refractivity contribution in [2.24, 2.45) is 0 Å². The third-order valence-corrected chi connectivity index (χ3v) is 4.09. The van der Waals surface area contributed by atoms with Gasteiger partial charge in [0.2, 0.25) is 0 Å². The lowest BCUT2D eigenvalue weighted by molar-refractivity contribution is 0.0501. The first kappa shape index (κ1) is 17.9. The molecule has 0 saturated carbocycles. The molecule has 2 aromatic rings. The largest absolute Gasteiger partial charge is 0.476 e. The summed E-state index contributed by atoms with van der Waals surface area (Å²) in [5, 5.41) is 8.88. The molecule has 1 atom stereocenters. The van der Waals surface area contributed by atoms with E-state index in [1.54, 1.807) is 12.1 Å². The minimum atomic E-state index is -1.22. The summed E-state index contributed by atoms with van der Waals surface area (Å²) >= 11 is 0. The average Bonchev–Trinajstić information content (AvgIpc) is 3.14. The molecule has 7 nitrogen and oxygen atoms in total. The van der Waals surface area contributed by atoms with E-state index in [1.807, 2.05) is 0 Å². The molecule has 1 saturated heterocycles. The van der Waals surface area contributed by atoms with E-state index in [2.05, 4.69) is 9.97 Å². The first-order valence-electron chi connectivity index (χ1n) is 8.23. The number of halogens is 1. The summed E-state index contributed by atoms with van der Waals surface area (Å²) in [5.74, 6) is -2.00. The molecule has 1 N–H and O–H groups in total. The Balaban J connectivity index is 1.80. The number of rotatable bonds is 6. The maximum atomic E-state index is 13.5. The topological polar surface area (TPSA) is 92.6 Å². The first-order valence-corrected chi connectivity index (χ1v) is 8.23. The number of hydrogen-bond donors (Lipinski definition) is 1. The highest BCUT2D eigenvalue weighted by molar-refractivity contribution is 5.92. The third-order valence-electron chi connectivity index (χ3n) is 4.09. The summed E-state index contributed by atoms with van der Waals surface area (Å²) in [6.07, 6.45) is 3.87. The van der Waals surface area contributed by atoms with Crippen molar-refractivity contribution in [2.75, 3.05) is 13.2 Å². The van der Waals surface area contributed by atoms with E-state index in [9.17, 15) is 14.0 Å². The van der Waals surface area contributed by atoms with Gasteiger partial charge in [-0.05, 0) is 30.5 Å². The lowest BCUT2D eigenvalue weighted by atomic mass is 10.1. The first-order chi connectivity index (χ1) is 12.5. The smallest absolute Gasteiger partial charge is 0.356 e. The van der Waals surface area contributed by atoms with Crippen LogP contribution < -0.4 is 0 Å². The van der Waals surface area contributed by atoms with Crippen LogP contribution in [-0.2, 0) is 11.3 Å². The van der Waals surface area contributed by atoms with E-state index < -0.39 is 11.9 Å². The fourth-order valence-corrected chi connectivity index (χ4v) is 2.82. The van der Waals surface area contributed by atoms with Gasteiger partial charge in [-0.15, -0.1) is 0 Å². The van der Waals surface area contributed by atoms with Crippen LogP contribution in [0.5, 0.6) is 0 Å². The summed E-state index contributed by atoms with van der Waals surface area (Å²) in [6.45, 7) is 1.19. The van der Waals surface area contributed by atoms with Crippen molar-refractivity contribution in [2.45, 2.75) is 25.5 Å². The molecule has 0 spiro atoms. The predicted octanol–water partition coefficient (Wildman–Crippen LogP) is 2.14. The van der Waals surface area contributed by atoms with Crippen LogP contribution in [0.4, 0.5) is 4.39 Å². The van der Waals surface area contributed by atoms with Crippen LogP contribution >= 0.6 is 0 Å². The second kappa shape index (κ2) is 8.01. The van der Waals surface area contributed by atoms with E-state index in [0.29, 0.717) is 18.7 Å². The Morgan fingerprint density at radius 3 is 2.65 bits per heavy atom. The molecular weight excluding hydrogens is 341 g/mol. The van der Waals surface area contributed by atoms with Gasteiger partial charge in [-0.3, -0.25) is 4.79 Å². The summed E-state index contributed by atoms with van der Waals surface area (Å²) in [5.41, 5.74) is 0.438. The SMILES string of the molecule is O=C(O)c1cnc(C(=O)N(Cc2cccc(F)c2)CC2CCCO2)cn1. The number of carboxylic acids is 1. The second-order valence-electron chi connectivity index (χ2n) is 6.04. The van der Waals surface area contributed by atoms with Crippen molar-refractivity contribution in [1.29, 1.82) is 0 Å². The van der Waals surface area contributed by atoms with Gasteiger partial charge in [-0.1, -0.05) is 12.1 Å². The third kappa shape index (κ3) is 4.40. The fourth-order valence-electron chi connectivity index (χ4n) is 2.82. The molecule has 1 aliphatic rings. The molecule has 0 radical (unpaired) electrons. The van der Waals surface area contributed by atoms with Gasteiger partial charge in [-0.2, -0.15) is 0 Å². The molecule has 1 aromatic carbocycles. The van der Waals surface area contributed by atoms with E-state index in [4.69, 9.17) is 9.84 Å². The number of carbonyl (C=O) groups excluding carboxylic acids is 1. The minimum Gasteiger partial charge on any atom is -0.476 e. The fraction of sp³-hybridized carbons (Fsp3) is 0.333. The van der Waals surface area contributed by atoms with Gasteiger partial charge in [0, 0.05) is 19.7 Å². The van der Waals surface area contributed by atoms with Gasteiger partial charge in [-0.25, -0.2) is 19.2 Å². The number of aromatic carboxylic acids is 1. The average molecular weight is 359 g/mol. The molecule has 1 aromatic heterocycles. The molecule has 0 bridgehead atoms. The van der Waals surface area contributed by atoms with Gasteiger partial charge in [0.05, 0.1) is 18.5 Å². The number of hydrogen-bond acceptors (Lipinski definition) is 5. The van der Waals surface area contributed by atoms with Crippen molar-refractivity contribution in [3.8, 4) is 0 Å². The van der Waals surface area contributed by atoms with E-state index in [0.717, 1.165) is 25.2 Å². The zero-order chi connectivity index (χ0) is 18.5. The predicted molar refractivity (Wildman–Crippen MR) is 89.1 cm³/mol. The molecule has 1 amide bonds. The number of nitrogens with zero attached hydrogens (tertiary/aromatic N) is 3. The van der Waals surface area contributed by atoms with Crippen LogP contribution in [0.2, 0.25) is 0 Å². The number of amides is 1. The number of carboxylic acid groups (broad SMARTS) is 1. The summed E-state index contributed by atoms with van der Waals surface area (Å²) in [7, 11) is 0. The van der Waals surface area contributed by atoms with Crippen LogP contribution in [0.25, 0.3) is 0 Å². The van der Waals surface area contributed by atoms with E-state index >= 15 is 0 Å².